The lowest BCUT2D eigenvalue weighted by molar-refractivity contribution is 0.0600. The Morgan fingerprint density at radius 3 is 2.62 bits per heavy atom. The number of hydrogen-bond acceptors (Lipinski definition) is 8. The Balaban J connectivity index is 1.93. The number of benzene rings is 1. The zero-order chi connectivity index (χ0) is 20.7. The van der Waals surface area contributed by atoms with Crippen LogP contribution in [0.3, 0.4) is 0 Å². The highest BCUT2D eigenvalue weighted by atomic mass is 79.9. The number of nitrogens with zero attached hydrogens (tertiary/aromatic N) is 4. The van der Waals surface area contributed by atoms with Crippen LogP contribution in [0.5, 0.6) is 0 Å². The molecule has 0 fully saturated rings. The molecule has 1 aromatic carbocycles. The predicted octanol–water partition coefficient (Wildman–Crippen LogP) is 3.39. The molecule has 148 valence electrons. The van der Waals surface area contributed by atoms with Gasteiger partial charge in [-0.1, -0.05) is 5.21 Å². The van der Waals surface area contributed by atoms with Crippen LogP contribution in [0.15, 0.2) is 33.5 Å². The number of methoxy groups -OCH3 is 2. The average molecular weight is 475 g/mol. The van der Waals surface area contributed by atoms with Crippen LogP contribution >= 0.6 is 27.3 Å². The molecule has 8 nitrogen and oxygen atoms in total. The van der Waals surface area contributed by atoms with E-state index in [-0.39, 0.29) is 5.56 Å². The molecule has 0 radical (unpaired) electrons. The van der Waals surface area contributed by atoms with Crippen LogP contribution in [0.1, 0.15) is 21.6 Å². The van der Waals surface area contributed by atoms with Crippen LogP contribution in [0.25, 0.3) is 26.1 Å². The van der Waals surface area contributed by atoms with E-state index in [2.05, 4.69) is 31.2 Å². The smallest absolute Gasteiger partial charge is 0.337 e. The minimum Gasteiger partial charge on any atom is -0.465 e. The first kappa shape index (κ1) is 19.6. The van der Waals surface area contributed by atoms with Gasteiger partial charge >= 0.3 is 5.97 Å². The Hall–Kier alpha value is -2.69. The summed E-state index contributed by atoms with van der Waals surface area (Å²) in [6, 6.07) is 6.39. The van der Waals surface area contributed by atoms with Crippen LogP contribution < -0.4 is 5.56 Å². The number of carbonyl (C=O) groups excluding carboxylic acids is 1. The second-order valence-electron chi connectivity index (χ2n) is 6.23. The number of pyridine rings is 1. The van der Waals surface area contributed by atoms with Gasteiger partial charge in [-0.15, -0.1) is 16.4 Å². The molecule has 0 aliphatic rings. The number of aromatic nitrogens is 4. The summed E-state index contributed by atoms with van der Waals surface area (Å²) in [5.41, 5.74) is 2.77. The summed E-state index contributed by atoms with van der Waals surface area (Å²) >= 11 is 4.83. The van der Waals surface area contributed by atoms with Crippen molar-refractivity contribution < 1.29 is 14.3 Å². The third kappa shape index (κ3) is 3.22. The Morgan fingerprint density at radius 2 is 1.97 bits per heavy atom. The largest absolute Gasteiger partial charge is 0.465 e. The molecule has 0 atom stereocenters. The quantitative estimate of drug-likeness (QED) is 0.418. The first-order valence-electron chi connectivity index (χ1n) is 8.51. The summed E-state index contributed by atoms with van der Waals surface area (Å²) < 4.78 is 12.5. The van der Waals surface area contributed by atoms with E-state index < -0.39 is 5.97 Å². The van der Waals surface area contributed by atoms with Gasteiger partial charge in [0.05, 0.1) is 30.7 Å². The van der Waals surface area contributed by atoms with Crippen molar-refractivity contribution in [3.05, 3.63) is 55.9 Å². The maximum atomic E-state index is 13.1. The number of thiophene rings is 1. The van der Waals surface area contributed by atoms with Crippen LogP contribution in [-0.4, -0.2) is 40.2 Å². The number of fused-ring (bicyclic) bond motifs is 3. The van der Waals surface area contributed by atoms with Crippen LogP contribution in [0.4, 0.5) is 0 Å². The zero-order valence-corrected chi connectivity index (χ0v) is 18.1. The third-order valence-corrected chi connectivity index (χ3v) is 6.57. The fourth-order valence-electron chi connectivity index (χ4n) is 3.06. The van der Waals surface area contributed by atoms with E-state index in [9.17, 15) is 9.59 Å². The molecular weight excluding hydrogens is 460 g/mol. The Kier molecular flexibility index (Phi) is 5.15. The fourth-order valence-corrected chi connectivity index (χ4v) is 4.58. The second-order valence-corrected chi connectivity index (χ2v) is 8.02. The molecule has 3 heterocycles. The van der Waals surface area contributed by atoms with Crippen molar-refractivity contribution in [2.24, 2.45) is 0 Å². The van der Waals surface area contributed by atoms with Gasteiger partial charge in [-0.2, -0.15) is 4.68 Å². The van der Waals surface area contributed by atoms with Crippen molar-refractivity contribution >= 4 is 53.7 Å². The number of halogens is 1. The van der Waals surface area contributed by atoms with Gasteiger partial charge in [0.15, 0.2) is 0 Å². The third-order valence-electron chi connectivity index (χ3n) is 4.46. The van der Waals surface area contributed by atoms with E-state index in [0.717, 1.165) is 21.1 Å². The molecule has 0 bridgehead atoms. The Bertz CT molecular complexity index is 1310. The summed E-state index contributed by atoms with van der Waals surface area (Å²) in [5, 5.41) is 9.18. The van der Waals surface area contributed by atoms with E-state index in [1.54, 1.807) is 31.4 Å². The van der Waals surface area contributed by atoms with Crippen molar-refractivity contribution in [3.8, 4) is 5.69 Å². The summed E-state index contributed by atoms with van der Waals surface area (Å²) in [6.07, 6.45) is 0. The predicted molar refractivity (Wildman–Crippen MR) is 113 cm³/mol. The summed E-state index contributed by atoms with van der Waals surface area (Å²) in [4.78, 5) is 30.0. The SMILES string of the molecule is COCc1c(Br)c(C)nc2sc3c(=O)n(-c4ccc(C(=O)OC)cc4)nnc3c12. The lowest BCUT2D eigenvalue weighted by Crippen LogP contribution is -2.21. The van der Waals surface area contributed by atoms with E-state index in [1.807, 2.05) is 6.92 Å². The van der Waals surface area contributed by atoms with Gasteiger partial charge in [0.25, 0.3) is 5.56 Å². The molecule has 3 aromatic heterocycles. The van der Waals surface area contributed by atoms with E-state index in [4.69, 9.17) is 9.47 Å². The lowest BCUT2D eigenvalue weighted by Gasteiger charge is -2.08. The molecular formula is C19H15BrN4O4S. The summed E-state index contributed by atoms with van der Waals surface area (Å²) in [5.74, 6) is -0.451. The minimum atomic E-state index is -0.451. The fraction of sp³-hybridized carbons (Fsp3) is 0.211. The molecule has 0 aliphatic heterocycles. The van der Waals surface area contributed by atoms with Crippen molar-refractivity contribution in [3.63, 3.8) is 0 Å². The number of carbonyl (C=O) groups is 1. The molecule has 0 saturated heterocycles. The van der Waals surface area contributed by atoms with E-state index in [1.165, 1.54) is 23.1 Å². The van der Waals surface area contributed by atoms with Gasteiger partial charge < -0.3 is 9.47 Å². The van der Waals surface area contributed by atoms with E-state index in [0.29, 0.717) is 32.9 Å². The summed E-state index contributed by atoms with van der Waals surface area (Å²) in [7, 11) is 2.92. The molecule has 0 saturated carbocycles. The molecule has 0 spiro atoms. The molecule has 10 heteroatoms. The normalized spacial score (nSPS) is 11.3. The maximum absolute atomic E-state index is 13.1. The van der Waals surface area contributed by atoms with Crippen molar-refractivity contribution in [2.75, 3.05) is 14.2 Å². The molecule has 29 heavy (non-hydrogen) atoms. The Morgan fingerprint density at radius 1 is 1.24 bits per heavy atom. The standard InChI is InChI=1S/C19H15BrN4O4S/c1-9-14(20)12(8-27-2)13-15-16(29-17(13)21-9)18(25)24(23-22-15)11-6-4-10(5-7-11)19(26)28-3/h4-7H,8H2,1-3H3. The molecule has 0 N–H and O–H groups in total. The molecule has 0 aliphatic carbocycles. The number of hydrogen-bond donors (Lipinski definition) is 0. The minimum absolute atomic E-state index is 0.305. The lowest BCUT2D eigenvalue weighted by atomic mass is 10.1. The monoisotopic (exact) mass is 474 g/mol. The molecule has 4 aromatic rings. The van der Waals surface area contributed by atoms with Crippen molar-refractivity contribution in [1.29, 1.82) is 0 Å². The van der Waals surface area contributed by atoms with Gasteiger partial charge in [0, 0.05) is 22.5 Å². The number of esters is 1. The van der Waals surface area contributed by atoms with Gasteiger partial charge in [-0.05, 0) is 47.1 Å². The van der Waals surface area contributed by atoms with Crippen LogP contribution in [0.2, 0.25) is 0 Å². The first-order chi connectivity index (χ1) is 14.0. The zero-order valence-electron chi connectivity index (χ0n) is 15.7. The highest BCUT2D eigenvalue weighted by Crippen LogP contribution is 2.36. The van der Waals surface area contributed by atoms with Crippen LogP contribution in [0, 0.1) is 6.92 Å². The first-order valence-corrected chi connectivity index (χ1v) is 10.1. The molecule has 4 rings (SSSR count). The number of aryl methyl sites for hydroxylation is 1. The van der Waals surface area contributed by atoms with Gasteiger partial charge in [-0.25, -0.2) is 9.78 Å². The van der Waals surface area contributed by atoms with Crippen molar-refractivity contribution in [2.45, 2.75) is 13.5 Å². The molecule has 0 unspecified atom stereocenters. The van der Waals surface area contributed by atoms with Gasteiger partial charge in [0.1, 0.15) is 15.0 Å². The Labute approximate surface area is 177 Å². The van der Waals surface area contributed by atoms with E-state index >= 15 is 0 Å². The number of rotatable bonds is 4. The second kappa shape index (κ2) is 7.62. The van der Waals surface area contributed by atoms with Crippen molar-refractivity contribution in [1.82, 2.24) is 20.0 Å². The van der Waals surface area contributed by atoms with Gasteiger partial charge in [0.2, 0.25) is 0 Å². The summed E-state index contributed by atoms with van der Waals surface area (Å²) in [6.45, 7) is 2.24. The highest BCUT2D eigenvalue weighted by molar-refractivity contribution is 9.10. The maximum Gasteiger partial charge on any atom is 0.337 e. The topological polar surface area (TPSA) is 96.2 Å². The average Bonchev–Trinajstić information content (AvgIpc) is 3.10. The van der Waals surface area contributed by atoms with Crippen LogP contribution in [-0.2, 0) is 16.1 Å². The van der Waals surface area contributed by atoms with Gasteiger partial charge in [-0.3, -0.25) is 4.79 Å². The highest BCUT2D eigenvalue weighted by Gasteiger charge is 2.20. The molecule has 0 amide bonds. The number of ether oxygens (including phenoxy) is 2.